The fourth-order valence-electron chi connectivity index (χ4n) is 1.50. The number of carbonyl (C=O) groups is 1. The number of hydrogen-bond acceptors (Lipinski definition) is 5. The van der Waals surface area contributed by atoms with E-state index in [1.54, 1.807) is 6.92 Å². The van der Waals surface area contributed by atoms with Gasteiger partial charge in [0.2, 0.25) is 5.82 Å². The number of halogens is 2. The quantitative estimate of drug-likeness (QED) is 0.356. The second kappa shape index (κ2) is 6.75. The highest BCUT2D eigenvalue weighted by Gasteiger charge is 2.24. The maximum absolute atomic E-state index is 13.6. The van der Waals surface area contributed by atoms with E-state index in [2.05, 4.69) is 0 Å². The highest BCUT2D eigenvalue weighted by molar-refractivity contribution is 5.80. The van der Waals surface area contributed by atoms with Gasteiger partial charge in [-0.25, -0.2) is 10.2 Å². The number of nitrogens with one attached hydrogen (secondary N) is 1. The predicted molar refractivity (Wildman–Crippen MR) is 64.7 cm³/mol. The number of hydrogen-bond donors (Lipinski definition) is 2. The lowest BCUT2D eigenvalue weighted by Crippen LogP contribution is -2.42. The number of benzene rings is 1. The highest BCUT2D eigenvalue weighted by atomic mass is 19.1. The van der Waals surface area contributed by atoms with Crippen molar-refractivity contribution in [3.63, 3.8) is 0 Å². The average Bonchev–Trinajstić information content (AvgIpc) is 2.40. The Hall–Kier alpha value is -2.29. The molecule has 1 aromatic rings. The third kappa shape index (κ3) is 3.60. The van der Waals surface area contributed by atoms with Crippen LogP contribution in [0.1, 0.15) is 19.8 Å². The van der Waals surface area contributed by atoms with Gasteiger partial charge in [-0.2, -0.15) is 4.39 Å². The molecular formula is C11H13F2N3O4. The van der Waals surface area contributed by atoms with Crippen LogP contribution in [-0.4, -0.2) is 16.9 Å². The van der Waals surface area contributed by atoms with Crippen LogP contribution in [0.15, 0.2) is 12.1 Å². The molecule has 0 radical (unpaired) electrons. The summed E-state index contributed by atoms with van der Waals surface area (Å²) >= 11 is 0. The number of carbonyl (C=O) groups excluding carboxylic acids is 1. The van der Waals surface area contributed by atoms with Gasteiger partial charge in [0.25, 0.3) is 5.91 Å². The molecule has 1 rings (SSSR count). The van der Waals surface area contributed by atoms with Crippen LogP contribution in [0.4, 0.5) is 14.5 Å². The van der Waals surface area contributed by atoms with E-state index in [1.165, 1.54) is 0 Å². The van der Waals surface area contributed by atoms with Crippen molar-refractivity contribution in [2.45, 2.75) is 25.9 Å². The molecule has 0 aliphatic rings. The van der Waals surface area contributed by atoms with Crippen molar-refractivity contribution >= 4 is 11.6 Å². The zero-order chi connectivity index (χ0) is 15.3. The van der Waals surface area contributed by atoms with Gasteiger partial charge in [-0.15, -0.1) is 0 Å². The number of nitro groups is 1. The highest BCUT2D eigenvalue weighted by Crippen LogP contribution is 2.27. The molecule has 0 aliphatic carbocycles. The van der Waals surface area contributed by atoms with Gasteiger partial charge >= 0.3 is 5.69 Å². The SMILES string of the molecule is CCCC(Oc1cc(F)c([N+](=O)[O-])cc1F)C(=O)NN. The number of nitro benzene ring substituents is 1. The topological polar surface area (TPSA) is 107 Å². The fourth-order valence-corrected chi connectivity index (χ4v) is 1.50. The summed E-state index contributed by atoms with van der Waals surface area (Å²) in [6.07, 6.45) is -0.351. The molecule has 0 spiro atoms. The largest absolute Gasteiger partial charge is 0.477 e. The summed E-state index contributed by atoms with van der Waals surface area (Å²) in [5, 5.41) is 10.4. The normalized spacial score (nSPS) is 11.8. The molecule has 110 valence electrons. The van der Waals surface area contributed by atoms with Crippen LogP contribution in [0.5, 0.6) is 5.75 Å². The Morgan fingerprint density at radius 3 is 2.65 bits per heavy atom. The van der Waals surface area contributed by atoms with Crippen LogP contribution in [0.2, 0.25) is 0 Å². The molecule has 1 unspecified atom stereocenters. The summed E-state index contributed by atoms with van der Waals surface area (Å²) in [7, 11) is 0. The van der Waals surface area contributed by atoms with E-state index in [-0.39, 0.29) is 6.42 Å². The van der Waals surface area contributed by atoms with E-state index in [9.17, 15) is 23.7 Å². The molecule has 1 aromatic carbocycles. The molecule has 3 N–H and O–H groups in total. The zero-order valence-electron chi connectivity index (χ0n) is 10.6. The lowest BCUT2D eigenvalue weighted by atomic mass is 10.2. The van der Waals surface area contributed by atoms with Crippen molar-refractivity contribution in [1.29, 1.82) is 0 Å². The van der Waals surface area contributed by atoms with Crippen molar-refractivity contribution in [1.82, 2.24) is 5.43 Å². The number of ether oxygens (including phenoxy) is 1. The first-order valence-corrected chi connectivity index (χ1v) is 5.71. The first-order valence-electron chi connectivity index (χ1n) is 5.71. The summed E-state index contributed by atoms with van der Waals surface area (Å²) in [4.78, 5) is 20.8. The Bertz CT molecular complexity index is 525. The number of rotatable bonds is 6. The molecule has 7 nitrogen and oxygen atoms in total. The third-order valence-corrected chi connectivity index (χ3v) is 2.45. The van der Waals surface area contributed by atoms with Gasteiger partial charge in [-0.3, -0.25) is 20.3 Å². The molecule has 20 heavy (non-hydrogen) atoms. The lowest BCUT2D eigenvalue weighted by molar-refractivity contribution is -0.387. The van der Waals surface area contributed by atoms with E-state index in [0.29, 0.717) is 18.6 Å². The van der Waals surface area contributed by atoms with Crippen LogP contribution in [0.25, 0.3) is 0 Å². The maximum Gasteiger partial charge on any atom is 0.307 e. The van der Waals surface area contributed by atoms with Gasteiger partial charge in [0.05, 0.1) is 11.0 Å². The Morgan fingerprint density at radius 2 is 2.15 bits per heavy atom. The molecule has 1 atom stereocenters. The van der Waals surface area contributed by atoms with Crippen LogP contribution in [0.3, 0.4) is 0 Å². The Kier molecular flexibility index (Phi) is 5.32. The Balaban J connectivity index is 3.04. The first kappa shape index (κ1) is 15.8. The third-order valence-electron chi connectivity index (χ3n) is 2.45. The molecule has 0 saturated heterocycles. The zero-order valence-corrected chi connectivity index (χ0v) is 10.6. The van der Waals surface area contributed by atoms with Gasteiger partial charge in [-0.05, 0) is 6.42 Å². The molecule has 0 aromatic heterocycles. The van der Waals surface area contributed by atoms with Crippen molar-refractivity contribution < 1.29 is 23.2 Å². The van der Waals surface area contributed by atoms with E-state index >= 15 is 0 Å². The standard InChI is InChI=1S/C11H13F2N3O4/c1-2-3-9(11(17)15-14)20-10-5-6(12)8(16(18)19)4-7(10)13/h4-5,9H,2-3,14H2,1H3,(H,15,17). The monoisotopic (exact) mass is 289 g/mol. The van der Waals surface area contributed by atoms with Crippen LogP contribution >= 0.6 is 0 Å². The minimum Gasteiger partial charge on any atom is -0.477 e. The molecular weight excluding hydrogens is 276 g/mol. The molecule has 0 bridgehead atoms. The van der Waals surface area contributed by atoms with Crippen molar-refractivity contribution in [3.05, 3.63) is 33.9 Å². The van der Waals surface area contributed by atoms with E-state index < -0.39 is 40.0 Å². The van der Waals surface area contributed by atoms with E-state index in [4.69, 9.17) is 10.6 Å². The molecule has 9 heteroatoms. The first-order chi connectivity index (χ1) is 9.40. The Morgan fingerprint density at radius 1 is 1.50 bits per heavy atom. The van der Waals surface area contributed by atoms with Crippen molar-refractivity contribution in [2.24, 2.45) is 5.84 Å². The summed E-state index contributed by atoms with van der Waals surface area (Å²) in [6.45, 7) is 1.76. The number of nitrogens with zero attached hydrogens (tertiary/aromatic N) is 1. The van der Waals surface area contributed by atoms with Gasteiger partial charge < -0.3 is 4.74 Å². The summed E-state index contributed by atoms with van der Waals surface area (Å²) < 4.78 is 32.0. The second-order valence-corrected chi connectivity index (χ2v) is 3.89. The molecule has 0 fully saturated rings. The molecule has 1 amide bonds. The maximum atomic E-state index is 13.6. The fraction of sp³-hybridized carbons (Fsp3) is 0.364. The van der Waals surface area contributed by atoms with Crippen molar-refractivity contribution in [2.75, 3.05) is 0 Å². The van der Waals surface area contributed by atoms with Crippen LogP contribution in [0, 0.1) is 21.7 Å². The van der Waals surface area contributed by atoms with Gasteiger partial charge in [0.15, 0.2) is 17.7 Å². The number of nitrogens with two attached hydrogens (primary N) is 1. The Labute approximate surface area is 112 Å². The molecule has 0 saturated carbocycles. The number of amides is 1. The smallest absolute Gasteiger partial charge is 0.307 e. The van der Waals surface area contributed by atoms with Gasteiger partial charge in [0, 0.05) is 6.07 Å². The van der Waals surface area contributed by atoms with Gasteiger partial charge in [-0.1, -0.05) is 13.3 Å². The van der Waals surface area contributed by atoms with Gasteiger partial charge in [0.1, 0.15) is 0 Å². The van der Waals surface area contributed by atoms with Crippen LogP contribution in [-0.2, 0) is 4.79 Å². The van der Waals surface area contributed by atoms with Crippen molar-refractivity contribution in [3.8, 4) is 5.75 Å². The van der Waals surface area contributed by atoms with E-state index in [0.717, 1.165) is 0 Å². The van der Waals surface area contributed by atoms with Crippen LogP contribution < -0.4 is 16.0 Å². The predicted octanol–water partition coefficient (Wildman–Crippen LogP) is 1.41. The summed E-state index contributed by atoms with van der Waals surface area (Å²) in [5.41, 5.74) is 0.836. The summed E-state index contributed by atoms with van der Waals surface area (Å²) in [5.74, 6) is 1.27. The molecule has 0 heterocycles. The second-order valence-electron chi connectivity index (χ2n) is 3.89. The summed E-state index contributed by atoms with van der Waals surface area (Å²) in [6, 6.07) is 0.925. The number of hydrazine groups is 1. The minimum absolute atomic E-state index is 0.223. The lowest BCUT2D eigenvalue weighted by Gasteiger charge is -2.17. The molecule has 0 aliphatic heterocycles. The van der Waals surface area contributed by atoms with E-state index in [1.807, 2.05) is 5.43 Å². The minimum atomic E-state index is -1.25. The average molecular weight is 289 g/mol.